The summed E-state index contributed by atoms with van der Waals surface area (Å²) in [6, 6.07) is 4.22. The van der Waals surface area contributed by atoms with Gasteiger partial charge < -0.3 is 14.0 Å². The van der Waals surface area contributed by atoms with Gasteiger partial charge in [0.25, 0.3) is 5.56 Å². The van der Waals surface area contributed by atoms with Gasteiger partial charge in [0.1, 0.15) is 24.5 Å². The predicted molar refractivity (Wildman–Crippen MR) is 69.4 cm³/mol. The van der Waals surface area contributed by atoms with Gasteiger partial charge in [-0.2, -0.15) is 0 Å². The van der Waals surface area contributed by atoms with E-state index in [1.54, 1.807) is 18.2 Å². The Kier molecular flexibility index (Phi) is 2.74. The zero-order valence-electron chi connectivity index (χ0n) is 10.2. The van der Waals surface area contributed by atoms with E-state index < -0.39 is 11.4 Å². The Morgan fingerprint density at radius 3 is 2.95 bits per heavy atom. The number of allylic oxidation sites excluding steroid dienone is 1. The first kappa shape index (κ1) is 11.8. The summed E-state index contributed by atoms with van der Waals surface area (Å²) >= 11 is 0. The van der Waals surface area contributed by atoms with Crippen LogP contribution in [-0.4, -0.2) is 17.8 Å². The first-order chi connectivity index (χ1) is 9.22. The van der Waals surface area contributed by atoms with Crippen LogP contribution < -0.4 is 15.0 Å². The highest BCUT2D eigenvalue weighted by Gasteiger charge is 2.20. The molecule has 3 rings (SSSR count). The predicted octanol–water partition coefficient (Wildman–Crippen LogP) is 2.10. The maximum Gasteiger partial charge on any atom is 0.254 e. The molecule has 0 spiro atoms. The van der Waals surface area contributed by atoms with E-state index in [0.29, 0.717) is 35.6 Å². The average molecular weight is 261 g/mol. The lowest BCUT2D eigenvalue weighted by atomic mass is 10.1. The second-order valence-corrected chi connectivity index (χ2v) is 4.22. The molecular weight excluding hydrogens is 249 g/mol. The van der Waals surface area contributed by atoms with Crippen molar-refractivity contribution in [2.45, 2.75) is 6.54 Å². The highest BCUT2D eigenvalue weighted by Crippen LogP contribution is 2.37. The molecular formula is C14H12FNO3. The number of ether oxygens (including phenoxy) is 2. The van der Waals surface area contributed by atoms with Crippen molar-refractivity contribution in [2.75, 3.05) is 13.2 Å². The molecule has 0 radical (unpaired) electrons. The SMILES string of the molecule is C=CCn1c(=O)cc(F)c2ccc3c(c21)OCCO3. The van der Waals surface area contributed by atoms with Crippen molar-refractivity contribution in [1.82, 2.24) is 4.57 Å². The number of aromatic nitrogens is 1. The van der Waals surface area contributed by atoms with E-state index in [9.17, 15) is 9.18 Å². The lowest BCUT2D eigenvalue weighted by molar-refractivity contribution is 0.173. The number of benzene rings is 1. The number of halogens is 1. The fraction of sp³-hybridized carbons (Fsp3) is 0.214. The Bertz CT molecular complexity index is 721. The lowest BCUT2D eigenvalue weighted by Gasteiger charge is -2.21. The van der Waals surface area contributed by atoms with Crippen molar-refractivity contribution < 1.29 is 13.9 Å². The minimum Gasteiger partial charge on any atom is -0.486 e. The van der Waals surface area contributed by atoms with E-state index in [-0.39, 0.29) is 6.54 Å². The minimum atomic E-state index is -0.558. The van der Waals surface area contributed by atoms with Gasteiger partial charge >= 0.3 is 0 Å². The van der Waals surface area contributed by atoms with Crippen LogP contribution in [0.2, 0.25) is 0 Å². The molecule has 0 atom stereocenters. The molecule has 0 aliphatic carbocycles. The zero-order valence-corrected chi connectivity index (χ0v) is 10.2. The number of nitrogens with zero attached hydrogens (tertiary/aromatic N) is 1. The molecule has 1 aromatic carbocycles. The maximum atomic E-state index is 13.9. The number of hydrogen-bond acceptors (Lipinski definition) is 3. The summed E-state index contributed by atoms with van der Waals surface area (Å²) < 4.78 is 26.3. The molecule has 0 saturated carbocycles. The van der Waals surface area contributed by atoms with Crippen molar-refractivity contribution in [3.63, 3.8) is 0 Å². The first-order valence-electron chi connectivity index (χ1n) is 5.95. The van der Waals surface area contributed by atoms with Crippen molar-refractivity contribution in [3.8, 4) is 11.5 Å². The third kappa shape index (κ3) is 1.78. The molecule has 0 N–H and O–H groups in total. The van der Waals surface area contributed by atoms with Crippen molar-refractivity contribution in [1.29, 1.82) is 0 Å². The quantitative estimate of drug-likeness (QED) is 0.777. The van der Waals surface area contributed by atoms with Crippen LogP contribution >= 0.6 is 0 Å². The minimum absolute atomic E-state index is 0.287. The molecule has 0 saturated heterocycles. The monoisotopic (exact) mass is 261 g/mol. The Morgan fingerprint density at radius 1 is 1.37 bits per heavy atom. The summed E-state index contributed by atoms with van der Waals surface area (Å²) in [6.07, 6.45) is 1.59. The Balaban J connectivity index is 2.44. The molecule has 1 aliphatic heterocycles. The molecule has 1 aromatic heterocycles. The van der Waals surface area contributed by atoms with Gasteiger partial charge in [-0.1, -0.05) is 6.08 Å². The molecule has 19 heavy (non-hydrogen) atoms. The van der Waals surface area contributed by atoms with Gasteiger partial charge in [-0.3, -0.25) is 4.79 Å². The van der Waals surface area contributed by atoms with Gasteiger partial charge in [0, 0.05) is 18.0 Å². The number of fused-ring (bicyclic) bond motifs is 3. The van der Waals surface area contributed by atoms with Gasteiger partial charge in [-0.25, -0.2) is 4.39 Å². The second-order valence-electron chi connectivity index (χ2n) is 4.22. The standard InChI is InChI=1S/C14H12FNO3/c1-2-5-16-12(17)8-10(15)9-3-4-11-14(13(9)16)19-7-6-18-11/h2-4,8H,1,5-7H2. The van der Waals surface area contributed by atoms with Crippen LogP contribution in [0.5, 0.6) is 11.5 Å². The van der Waals surface area contributed by atoms with E-state index in [2.05, 4.69) is 6.58 Å². The topological polar surface area (TPSA) is 40.5 Å². The summed E-state index contributed by atoms with van der Waals surface area (Å²) in [5.74, 6) is 0.390. The van der Waals surface area contributed by atoms with Crippen LogP contribution in [0.3, 0.4) is 0 Å². The van der Waals surface area contributed by atoms with Crippen LogP contribution in [0.1, 0.15) is 0 Å². The van der Waals surface area contributed by atoms with Gasteiger partial charge in [-0.15, -0.1) is 6.58 Å². The summed E-state index contributed by atoms with van der Waals surface area (Å²) in [4.78, 5) is 11.9. The normalized spacial score (nSPS) is 13.5. The van der Waals surface area contributed by atoms with Crippen molar-refractivity contribution in [2.24, 2.45) is 0 Å². The van der Waals surface area contributed by atoms with Crippen LogP contribution in [0, 0.1) is 5.82 Å². The highest BCUT2D eigenvalue weighted by atomic mass is 19.1. The van der Waals surface area contributed by atoms with Crippen molar-refractivity contribution in [3.05, 3.63) is 47.0 Å². The zero-order chi connectivity index (χ0) is 13.4. The lowest BCUT2D eigenvalue weighted by Crippen LogP contribution is -2.22. The van der Waals surface area contributed by atoms with Crippen LogP contribution in [-0.2, 0) is 6.54 Å². The number of pyridine rings is 1. The summed E-state index contributed by atoms with van der Waals surface area (Å²) in [7, 11) is 0. The molecule has 0 unspecified atom stereocenters. The third-order valence-electron chi connectivity index (χ3n) is 3.04. The van der Waals surface area contributed by atoms with E-state index in [1.807, 2.05) is 0 Å². The number of rotatable bonds is 2. The Labute approximate surface area is 108 Å². The van der Waals surface area contributed by atoms with Gasteiger partial charge in [0.05, 0.1) is 0 Å². The van der Waals surface area contributed by atoms with E-state index in [1.165, 1.54) is 4.57 Å². The molecule has 0 bridgehead atoms. The molecule has 5 heteroatoms. The molecule has 98 valence electrons. The van der Waals surface area contributed by atoms with E-state index in [0.717, 1.165) is 6.07 Å². The van der Waals surface area contributed by atoms with Gasteiger partial charge in [-0.05, 0) is 12.1 Å². The second kappa shape index (κ2) is 4.42. The Morgan fingerprint density at radius 2 is 2.16 bits per heavy atom. The van der Waals surface area contributed by atoms with Gasteiger partial charge in [0.2, 0.25) is 0 Å². The van der Waals surface area contributed by atoms with E-state index in [4.69, 9.17) is 9.47 Å². The Hall–Kier alpha value is -2.30. The molecule has 4 nitrogen and oxygen atoms in total. The van der Waals surface area contributed by atoms with Crippen molar-refractivity contribution >= 4 is 10.9 Å². The smallest absolute Gasteiger partial charge is 0.254 e. The van der Waals surface area contributed by atoms with Crippen LogP contribution in [0.15, 0.2) is 35.6 Å². The fourth-order valence-corrected chi connectivity index (χ4v) is 2.25. The molecule has 0 amide bonds. The molecule has 2 aromatic rings. The molecule has 0 fully saturated rings. The summed E-state index contributed by atoms with van der Waals surface area (Å²) in [6.45, 7) is 4.72. The largest absolute Gasteiger partial charge is 0.486 e. The molecule has 1 aliphatic rings. The maximum absolute atomic E-state index is 13.9. The average Bonchev–Trinajstić information content (AvgIpc) is 2.42. The fourth-order valence-electron chi connectivity index (χ4n) is 2.25. The van der Waals surface area contributed by atoms with Gasteiger partial charge in [0.15, 0.2) is 11.5 Å². The van der Waals surface area contributed by atoms with Crippen LogP contribution in [0.25, 0.3) is 10.9 Å². The summed E-state index contributed by atoms with van der Waals surface area (Å²) in [5.41, 5.74) is -0.00502. The van der Waals surface area contributed by atoms with Crippen LogP contribution in [0.4, 0.5) is 4.39 Å². The number of hydrogen-bond donors (Lipinski definition) is 0. The summed E-state index contributed by atoms with van der Waals surface area (Å²) in [5, 5.41) is 0.339. The molecule has 2 heterocycles. The van der Waals surface area contributed by atoms with E-state index >= 15 is 0 Å². The highest BCUT2D eigenvalue weighted by molar-refractivity contribution is 5.88. The first-order valence-corrected chi connectivity index (χ1v) is 5.95. The third-order valence-corrected chi connectivity index (χ3v) is 3.04.